The number of nitrogens with one attached hydrogen (secondary N) is 1. The average Bonchev–Trinajstić information content (AvgIpc) is 3.70. The Kier molecular flexibility index (Phi) is 9.45. The lowest BCUT2D eigenvalue weighted by atomic mass is 9.84. The van der Waals surface area contributed by atoms with Crippen molar-refractivity contribution in [1.82, 2.24) is 35.3 Å². The minimum atomic E-state index is -4.70. The summed E-state index contributed by atoms with van der Waals surface area (Å²) < 4.78 is 47.3. The highest BCUT2D eigenvalue weighted by Gasteiger charge is 2.39. The summed E-state index contributed by atoms with van der Waals surface area (Å²) in [5, 5.41) is 13.7. The molecule has 6 rings (SSSR count). The number of amides is 2. The number of carbonyl (C=O) groups is 2. The monoisotopic (exact) mass is 633 g/mol. The first kappa shape index (κ1) is 31.7. The van der Waals surface area contributed by atoms with E-state index >= 15 is 0 Å². The Bertz CT molecular complexity index is 1480. The zero-order valence-corrected chi connectivity index (χ0v) is 25.1. The van der Waals surface area contributed by atoms with Crippen LogP contribution in [0.1, 0.15) is 54.6 Å². The van der Waals surface area contributed by atoms with E-state index in [2.05, 4.69) is 33.0 Å². The van der Waals surface area contributed by atoms with Gasteiger partial charge in [-0.3, -0.25) is 9.59 Å². The van der Waals surface area contributed by atoms with Crippen molar-refractivity contribution in [1.29, 1.82) is 0 Å². The molecule has 4 heterocycles. The molecule has 1 N–H and O–H groups in total. The number of carbonyl (C=O) groups excluding carboxylic acids is 2. The van der Waals surface area contributed by atoms with Gasteiger partial charge >= 0.3 is 6.18 Å². The third-order valence-corrected chi connectivity index (χ3v) is 8.81. The molecule has 2 amide bonds. The number of likely N-dealkylation sites (tertiary alicyclic amines) is 2. The van der Waals surface area contributed by atoms with Gasteiger partial charge in [0, 0.05) is 69.5 Å². The Morgan fingerprint density at radius 2 is 1.77 bits per heavy atom. The molecule has 0 spiro atoms. The smallest absolute Gasteiger partial charge is 0.453 e. The van der Waals surface area contributed by atoms with Crippen molar-refractivity contribution >= 4 is 24.2 Å². The summed E-state index contributed by atoms with van der Waals surface area (Å²) in [6, 6.07) is 13.4. The quantitative estimate of drug-likeness (QED) is 0.441. The predicted molar refractivity (Wildman–Crippen MR) is 157 cm³/mol. The van der Waals surface area contributed by atoms with Crippen LogP contribution in [0.15, 0.2) is 42.5 Å². The number of tetrazole rings is 1. The minimum Gasteiger partial charge on any atom is -0.493 e. The number of piperidine rings is 2. The fourth-order valence-electron chi connectivity index (χ4n) is 6.54. The van der Waals surface area contributed by atoms with Gasteiger partial charge in [0.05, 0.1) is 12.3 Å². The first-order chi connectivity index (χ1) is 20.7. The number of hydrogen-bond acceptors (Lipinski definition) is 7. The molecular formula is C30H35ClF3N7O3. The third kappa shape index (κ3) is 6.53. The second-order valence-corrected chi connectivity index (χ2v) is 11.5. The molecule has 14 heteroatoms. The van der Waals surface area contributed by atoms with Crippen LogP contribution in [0.3, 0.4) is 0 Å². The van der Waals surface area contributed by atoms with Crippen molar-refractivity contribution in [2.45, 2.75) is 57.3 Å². The van der Waals surface area contributed by atoms with Crippen LogP contribution in [0.2, 0.25) is 0 Å². The van der Waals surface area contributed by atoms with Crippen LogP contribution in [-0.2, 0) is 28.7 Å². The van der Waals surface area contributed by atoms with Crippen molar-refractivity contribution in [3.63, 3.8) is 0 Å². The summed E-state index contributed by atoms with van der Waals surface area (Å²) in [7, 11) is 0. The first-order valence-electron chi connectivity index (χ1n) is 14.7. The van der Waals surface area contributed by atoms with E-state index in [-0.39, 0.29) is 47.8 Å². The minimum absolute atomic E-state index is 0. The van der Waals surface area contributed by atoms with Crippen LogP contribution in [0.25, 0.3) is 5.69 Å². The maximum atomic E-state index is 13.6. The van der Waals surface area contributed by atoms with Crippen LogP contribution >= 0.6 is 12.4 Å². The van der Waals surface area contributed by atoms with Crippen LogP contribution < -0.4 is 10.1 Å². The number of fused-ring (bicyclic) bond motifs is 1. The molecule has 2 aromatic carbocycles. The second kappa shape index (κ2) is 13.1. The SMILES string of the molecule is CC(=O)N1CCC(C(=O)N2CC[C@@H](NCc3cc(-n4nnnc4C(F)(F)F)cc4c3OCC4)[C@@H](c3ccccc3)C2)CC1.Cl. The Morgan fingerprint density at radius 3 is 2.48 bits per heavy atom. The summed E-state index contributed by atoms with van der Waals surface area (Å²) in [5.41, 5.74) is 2.89. The number of rotatable bonds is 6. The Balaban J connectivity index is 0.00000384. The van der Waals surface area contributed by atoms with Gasteiger partial charge in [-0.25, -0.2) is 0 Å². The molecule has 0 bridgehead atoms. The van der Waals surface area contributed by atoms with Gasteiger partial charge in [-0.2, -0.15) is 17.9 Å². The summed E-state index contributed by atoms with van der Waals surface area (Å²) in [4.78, 5) is 29.0. The summed E-state index contributed by atoms with van der Waals surface area (Å²) in [6.07, 6.45) is -2.06. The van der Waals surface area contributed by atoms with Gasteiger partial charge in [0.1, 0.15) is 5.75 Å². The van der Waals surface area contributed by atoms with Gasteiger partial charge < -0.3 is 19.9 Å². The number of benzene rings is 2. The molecule has 1 aromatic heterocycles. The van der Waals surface area contributed by atoms with Crippen molar-refractivity contribution in [3.8, 4) is 11.4 Å². The van der Waals surface area contributed by atoms with Crippen molar-refractivity contribution < 1.29 is 27.5 Å². The molecule has 0 radical (unpaired) electrons. The number of nitrogens with zero attached hydrogens (tertiary/aromatic N) is 6. The summed E-state index contributed by atoms with van der Waals surface area (Å²) in [6.45, 7) is 4.74. The number of hydrogen-bond donors (Lipinski definition) is 1. The van der Waals surface area contributed by atoms with Gasteiger partial charge in [-0.15, -0.1) is 17.5 Å². The van der Waals surface area contributed by atoms with E-state index in [1.165, 1.54) is 0 Å². The van der Waals surface area contributed by atoms with Gasteiger partial charge in [-0.1, -0.05) is 30.3 Å². The van der Waals surface area contributed by atoms with E-state index in [1.54, 1.807) is 24.0 Å². The summed E-state index contributed by atoms with van der Waals surface area (Å²) >= 11 is 0. The topological polar surface area (TPSA) is 105 Å². The molecule has 3 aromatic rings. The Hall–Kier alpha value is -3.71. The standard InChI is InChI=1S/C30H34F3N7O3.ClH/c1-19(41)38-11-7-21(8-12-38)28(42)39-13-9-26(25(18-39)20-5-3-2-4-6-20)34-17-23-16-24(15-22-10-14-43-27(22)23)40-29(30(31,32)33)35-36-37-40;/h2-6,15-16,21,25-26,34H,7-14,17-18H2,1H3;1H/t25-,26-;/m1./s1. The van der Waals surface area contributed by atoms with Crippen molar-refractivity contribution in [2.75, 3.05) is 32.8 Å². The molecule has 236 valence electrons. The highest BCUT2D eigenvalue weighted by molar-refractivity contribution is 5.85. The number of ether oxygens (including phenoxy) is 1. The van der Waals surface area contributed by atoms with E-state index in [4.69, 9.17) is 4.74 Å². The first-order valence-corrected chi connectivity index (χ1v) is 14.7. The molecule has 0 aliphatic carbocycles. The normalized spacial score (nSPS) is 20.5. The number of aromatic nitrogens is 4. The molecule has 44 heavy (non-hydrogen) atoms. The zero-order valence-electron chi connectivity index (χ0n) is 24.3. The zero-order chi connectivity index (χ0) is 30.1. The Morgan fingerprint density at radius 1 is 1.05 bits per heavy atom. The van der Waals surface area contributed by atoms with E-state index < -0.39 is 12.0 Å². The molecule has 10 nitrogen and oxygen atoms in total. The van der Waals surface area contributed by atoms with Gasteiger partial charge in [0.25, 0.3) is 5.82 Å². The fraction of sp³-hybridized carbons (Fsp3) is 0.500. The number of halogens is 4. The van der Waals surface area contributed by atoms with Crippen LogP contribution in [0, 0.1) is 5.92 Å². The van der Waals surface area contributed by atoms with E-state index in [9.17, 15) is 22.8 Å². The van der Waals surface area contributed by atoms with E-state index in [0.29, 0.717) is 70.8 Å². The largest absolute Gasteiger partial charge is 0.493 e. The number of alkyl halides is 3. The highest BCUT2D eigenvalue weighted by atomic mass is 35.5. The molecule has 3 aliphatic rings. The lowest BCUT2D eigenvalue weighted by molar-refractivity contribution is -0.146. The molecule has 2 fully saturated rings. The lowest BCUT2D eigenvalue weighted by Crippen LogP contribution is -2.52. The van der Waals surface area contributed by atoms with Crippen LogP contribution in [0.5, 0.6) is 5.75 Å². The summed E-state index contributed by atoms with van der Waals surface area (Å²) in [5.74, 6) is -0.390. The van der Waals surface area contributed by atoms with E-state index in [1.807, 2.05) is 23.1 Å². The maximum absolute atomic E-state index is 13.6. The maximum Gasteiger partial charge on any atom is 0.453 e. The third-order valence-electron chi connectivity index (χ3n) is 8.81. The predicted octanol–water partition coefficient (Wildman–Crippen LogP) is 3.77. The lowest BCUT2D eigenvalue weighted by Gasteiger charge is -2.42. The van der Waals surface area contributed by atoms with Gasteiger partial charge in [0.2, 0.25) is 11.8 Å². The van der Waals surface area contributed by atoms with Crippen molar-refractivity contribution in [2.24, 2.45) is 5.92 Å². The molecule has 0 saturated carbocycles. The highest BCUT2D eigenvalue weighted by Crippen LogP contribution is 2.36. The van der Waals surface area contributed by atoms with Gasteiger partial charge in [0.15, 0.2) is 0 Å². The molecular weight excluding hydrogens is 599 g/mol. The van der Waals surface area contributed by atoms with Gasteiger partial charge in [-0.05, 0) is 52.9 Å². The fourth-order valence-corrected chi connectivity index (χ4v) is 6.54. The molecule has 2 atom stereocenters. The van der Waals surface area contributed by atoms with Crippen LogP contribution in [-0.4, -0.2) is 80.6 Å². The molecule has 2 saturated heterocycles. The van der Waals surface area contributed by atoms with Crippen LogP contribution in [0.4, 0.5) is 13.2 Å². The van der Waals surface area contributed by atoms with E-state index in [0.717, 1.165) is 21.4 Å². The molecule has 3 aliphatic heterocycles. The van der Waals surface area contributed by atoms with Crippen molar-refractivity contribution in [3.05, 3.63) is 65.0 Å². The second-order valence-electron chi connectivity index (χ2n) is 11.5. The molecule has 0 unspecified atom stereocenters. The average molecular weight is 634 g/mol. The Labute approximate surface area is 259 Å².